The minimum Gasteiger partial charge on any atom is -0.284 e. The summed E-state index contributed by atoms with van der Waals surface area (Å²) in [4.78, 5) is 1.52. The number of nitrogens with zero attached hydrogens (tertiary/aromatic N) is 1. The van der Waals surface area contributed by atoms with E-state index in [4.69, 9.17) is 22.4 Å². The van der Waals surface area contributed by atoms with Gasteiger partial charge >= 0.3 is 0 Å². The summed E-state index contributed by atoms with van der Waals surface area (Å²) in [6.07, 6.45) is 3.17. The monoisotopic (exact) mass is 205 g/mol. The molecule has 1 aromatic carbocycles. The van der Waals surface area contributed by atoms with Gasteiger partial charge in [-0.05, 0) is 30.4 Å². The third-order valence-corrected chi connectivity index (χ3v) is 2.18. The van der Waals surface area contributed by atoms with E-state index in [1.165, 1.54) is 4.90 Å². The lowest BCUT2D eigenvalue weighted by atomic mass is 10.3. The van der Waals surface area contributed by atoms with Crippen LogP contribution >= 0.6 is 11.6 Å². The molecule has 0 saturated carbocycles. The van der Waals surface area contributed by atoms with Gasteiger partial charge in [-0.15, -0.1) is 0 Å². The molecule has 0 unspecified atom stereocenters. The lowest BCUT2D eigenvalue weighted by molar-refractivity contribution is 1.34. The molecule has 2 N–H and O–H groups in total. The molecule has 0 atom stereocenters. The third kappa shape index (κ3) is 1.42. The van der Waals surface area contributed by atoms with Crippen LogP contribution in [0.15, 0.2) is 36.4 Å². The van der Waals surface area contributed by atoms with Gasteiger partial charge in [-0.2, -0.15) is 0 Å². The zero-order valence-electron chi connectivity index (χ0n) is 7.29. The second-order valence-corrected chi connectivity index (χ2v) is 3.36. The molecular formula is C10H8ClN3. The van der Waals surface area contributed by atoms with E-state index in [2.05, 4.69) is 0 Å². The van der Waals surface area contributed by atoms with Gasteiger partial charge in [-0.1, -0.05) is 17.7 Å². The standard InChI is InChI=1S/C10H8ClN3/c11-7-2-1-3-8(6-7)14-9(12)4-5-10(14)13/h1-6,12-13H. The van der Waals surface area contributed by atoms with Crippen LogP contribution in [0, 0.1) is 10.8 Å². The first-order chi connectivity index (χ1) is 6.68. The predicted molar refractivity (Wildman–Crippen MR) is 58.5 cm³/mol. The van der Waals surface area contributed by atoms with Gasteiger partial charge in [0.1, 0.15) is 11.7 Å². The van der Waals surface area contributed by atoms with Crippen molar-refractivity contribution >= 4 is 29.0 Å². The zero-order chi connectivity index (χ0) is 10.1. The molecule has 0 aromatic heterocycles. The normalized spacial score (nSPS) is 15.4. The predicted octanol–water partition coefficient (Wildman–Crippen LogP) is 2.67. The smallest absolute Gasteiger partial charge is 0.131 e. The molecule has 3 nitrogen and oxygen atoms in total. The topological polar surface area (TPSA) is 50.9 Å². The van der Waals surface area contributed by atoms with Crippen molar-refractivity contribution in [3.8, 4) is 0 Å². The maximum atomic E-state index is 7.60. The molecule has 0 fully saturated rings. The Labute approximate surface area is 86.6 Å². The van der Waals surface area contributed by atoms with Gasteiger partial charge in [-0.3, -0.25) is 15.7 Å². The van der Waals surface area contributed by atoms with Crippen LogP contribution in [-0.4, -0.2) is 11.7 Å². The fourth-order valence-corrected chi connectivity index (χ4v) is 1.51. The number of nitrogens with one attached hydrogen (secondary N) is 2. The Kier molecular flexibility index (Phi) is 2.09. The van der Waals surface area contributed by atoms with E-state index < -0.39 is 0 Å². The maximum Gasteiger partial charge on any atom is 0.131 e. The maximum absolute atomic E-state index is 7.60. The van der Waals surface area contributed by atoms with Crippen LogP contribution in [0.5, 0.6) is 0 Å². The molecule has 0 spiro atoms. The molecule has 0 saturated heterocycles. The van der Waals surface area contributed by atoms with Crippen molar-refractivity contribution in [1.82, 2.24) is 0 Å². The molecule has 2 rings (SSSR count). The van der Waals surface area contributed by atoms with Gasteiger partial charge < -0.3 is 0 Å². The highest BCUT2D eigenvalue weighted by Gasteiger charge is 2.18. The van der Waals surface area contributed by atoms with Crippen LogP contribution in [0.1, 0.15) is 0 Å². The molecule has 0 radical (unpaired) electrons. The summed E-state index contributed by atoms with van der Waals surface area (Å²) in [7, 11) is 0. The summed E-state index contributed by atoms with van der Waals surface area (Å²) in [6.45, 7) is 0. The first-order valence-corrected chi connectivity index (χ1v) is 4.47. The van der Waals surface area contributed by atoms with Crippen molar-refractivity contribution in [2.45, 2.75) is 0 Å². The molecule has 1 heterocycles. The van der Waals surface area contributed by atoms with E-state index >= 15 is 0 Å². The number of halogens is 1. The SMILES string of the molecule is N=C1C=CC(=N)N1c1cccc(Cl)c1. The van der Waals surface area contributed by atoms with Gasteiger partial charge in [0.25, 0.3) is 0 Å². The fraction of sp³-hybridized carbons (Fsp3) is 0. The van der Waals surface area contributed by atoms with E-state index in [0.717, 1.165) is 5.69 Å². The van der Waals surface area contributed by atoms with Crippen LogP contribution in [-0.2, 0) is 0 Å². The van der Waals surface area contributed by atoms with Crippen molar-refractivity contribution in [1.29, 1.82) is 10.8 Å². The second kappa shape index (κ2) is 3.27. The number of benzene rings is 1. The number of amidine groups is 2. The van der Waals surface area contributed by atoms with Crippen molar-refractivity contribution in [2.75, 3.05) is 4.90 Å². The van der Waals surface area contributed by atoms with Gasteiger partial charge in [0.15, 0.2) is 0 Å². The van der Waals surface area contributed by atoms with Crippen LogP contribution in [0.25, 0.3) is 0 Å². The average Bonchev–Trinajstić information content (AvgIpc) is 2.46. The summed E-state index contributed by atoms with van der Waals surface area (Å²) in [5.74, 6) is 0.578. The Morgan fingerprint density at radius 1 is 1.07 bits per heavy atom. The lowest BCUT2D eigenvalue weighted by Crippen LogP contribution is -2.28. The third-order valence-electron chi connectivity index (χ3n) is 1.95. The van der Waals surface area contributed by atoms with Gasteiger partial charge in [0.2, 0.25) is 0 Å². The summed E-state index contributed by atoms with van der Waals surface area (Å²) >= 11 is 5.83. The van der Waals surface area contributed by atoms with Crippen molar-refractivity contribution in [3.05, 3.63) is 41.4 Å². The van der Waals surface area contributed by atoms with Crippen LogP contribution in [0.2, 0.25) is 5.02 Å². The summed E-state index contributed by atoms with van der Waals surface area (Å²) in [6, 6.07) is 7.12. The zero-order valence-corrected chi connectivity index (χ0v) is 8.05. The van der Waals surface area contributed by atoms with Crippen LogP contribution in [0.4, 0.5) is 5.69 Å². The van der Waals surface area contributed by atoms with E-state index in [1.807, 2.05) is 6.07 Å². The lowest BCUT2D eigenvalue weighted by Gasteiger charge is -2.17. The Balaban J connectivity index is 2.41. The molecule has 1 aliphatic heterocycles. The molecule has 4 heteroatoms. The Bertz CT molecular complexity index is 419. The summed E-state index contributed by atoms with van der Waals surface area (Å²) in [5.41, 5.74) is 0.748. The molecule has 1 aliphatic rings. The molecule has 0 bridgehead atoms. The number of hydrogen-bond acceptors (Lipinski definition) is 2. The van der Waals surface area contributed by atoms with E-state index in [9.17, 15) is 0 Å². The molecule has 0 amide bonds. The first-order valence-electron chi connectivity index (χ1n) is 4.09. The quantitative estimate of drug-likeness (QED) is 0.728. The van der Waals surface area contributed by atoms with Crippen molar-refractivity contribution in [2.24, 2.45) is 0 Å². The van der Waals surface area contributed by atoms with E-state index in [-0.39, 0.29) is 11.7 Å². The van der Waals surface area contributed by atoms with E-state index in [0.29, 0.717) is 5.02 Å². The van der Waals surface area contributed by atoms with Crippen LogP contribution < -0.4 is 4.90 Å². The summed E-state index contributed by atoms with van der Waals surface area (Å²) < 4.78 is 0. The van der Waals surface area contributed by atoms with Crippen molar-refractivity contribution < 1.29 is 0 Å². The minimum atomic E-state index is 0.289. The molecule has 1 aromatic rings. The largest absolute Gasteiger partial charge is 0.284 e. The molecular weight excluding hydrogens is 198 g/mol. The van der Waals surface area contributed by atoms with Crippen molar-refractivity contribution in [3.63, 3.8) is 0 Å². The Hall–Kier alpha value is -1.61. The molecule has 14 heavy (non-hydrogen) atoms. The average molecular weight is 206 g/mol. The fourth-order valence-electron chi connectivity index (χ4n) is 1.33. The number of hydrogen-bond donors (Lipinski definition) is 2. The Morgan fingerprint density at radius 2 is 1.71 bits per heavy atom. The number of rotatable bonds is 1. The van der Waals surface area contributed by atoms with Crippen LogP contribution in [0.3, 0.4) is 0 Å². The van der Waals surface area contributed by atoms with Gasteiger partial charge in [0, 0.05) is 5.02 Å². The highest BCUT2D eigenvalue weighted by molar-refractivity contribution is 6.32. The number of anilines is 1. The highest BCUT2D eigenvalue weighted by Crippen LogP contribution is 2.22. The Morgan fingerprint density at radius 3 is 2.29 bits per heavy atom. The first kappa shape index (κ1) is 8.97. The highest BCUT2D eigenvalue weighted by atomic mass is 35.5. The minimum absolute atomic E-state index is 0.289. The molecule has 70 valence electrons. The second-order valence-electron chi connectivity index (χ2n) is 2.92. The molecule has 0 aliphatic carbocycles. The van der Waals surface area contributed by atoms with Gasteiger partial charge in [-0.25, -0.2) is 0 Å². The summed E-state index contributed by atoms with van der Waals surface area (Å²) in [5, 5.41) is 15.8. The van der Waals surface area contributed by atoms with Gasteiger partial charge in [0.05, 0.1) is 5.69 Å². The van der Waals surface area contributed by atoms with E-state index in [1.54, 1.807) is 30.4 Å².